The number of ether oxygens (including phenoxy) is 2. The van der Waals surface area contributed by atoms with E-state index in [4.69, 9.17) is 20.1 Å². The summed E-state index contributed by atoms with van der Waals surface area (Å²) in [4.78, 5) is 0. The minimum Gasteiger partial charge on any atom is -0.489 e. The summed E-state index contributed by atoms with van der Waals surface area (Å²) in [6.07, 6.45) is 2.61. The van der Waals surface area contributed by atoms with Crippen LogP contribution < -0.4 is 9.47 Å². The van der Waals surface area contributed by atoms with Gasteiger partial charge in [-0.25, -0.2) is 0 Å². The monoisotopic (exact) mass is 382 g/mol. The SMILES string of the molecule is N#Cc1ccc(C(=N)COc2ccc(COc3ccc(C4CC4)cc3)cc2)cc1. The van der Waals surface area contributed by atoms with Crippen LogP contribution in [0.4, 0.5) is 0 Å². The van der Waals surface area contributed by atoms with Gasteiger partial charge < -0.3 is 14.9 Å². The first-order valence-corrected chi connectivity index (χ1v) is 9.74. The van der Waals surface area contributed by atoms with E-state index in [0.717, 1.165) is 22.8 Å². The molecule has 4 nitrogen and oxygen atoms in total. The highest BCUT2D eigenvalue weighted by Crippen LogP contribution is 2.40. The molecular weight excluding hydrogens is 360 g/mol. The second-order valence-corrected chi connectivity index (χ2v) is 7.23. The van der Waals surface area contributed by atoms with Crippen LogP contribution >= 0.6 is 0 Å². The zero-order chi connectivity index (χ0) is 20.1. The van der Waals surface area contributed by atoms with Crippen LogP contribution in [0.5, 0.6) is 11.5 Å². The van der Waals surface area contributed by atoms with Gasteiger partial charge in [0.05, 0.1) is 17.3 Å². The third-order valence-corrected chi connectivity index (χ3v) is 5.00. The van der Waals surface area contributed by atoms with Crippen molar-refractivity contribution in [3.05, 3.63) is 95.1 Å². The van der Waals surface area contributed by atoms with Gasteiger partial charge in [-0.05, 0) is 71.8 Å². The second-order valence-electron chi connectivity index (χ2n) is 7.23. The first-order chi connectivity index (χ1) is 14.2. The highest BCUT2D eigenvalue weighted by atomic mass is 16.5. The fourth-order valence-electron chi connectivity index (χ4n) is 3.09. The molecule has 144 valence electrons. The van der Waals surface area contributed by atoms with Gasteiger partial charge in [0.2, 0.25) is 0 Å². The van der Waals surface area contributed by atoms with Gasteiger partial charge in [0.15, 0.2) is 0 Å². The molecule has 0 heterocycles. The molecule has 0 atom stereocenters. The number of nitriles is 1. The first-order valence-electron chi connectivity index (χ1n) is 9.74. The number of rotatable bonds is 8. The molecule has 1 aliphatic carbocycles. The summed E-state index contributed by atoms with van der Waals surface area (Å²) in [7, 11) is 0. The summed E-state index contributed by atoms with van der Waals surface area (Å²) in [5.41, 5.74) is 4.17. The molecular formula is C25H22N2O2. The number of benzene rings is 3. The Hall–Kier alpha value is -3.58. The maximum Gasteiger partial charge on any atom is 0.130 e. The Morgan fingerprint density at radius 2 is 1.48 bits per heavy atom. The third kappa shape index (κ3) is 5.03. The Bertz CT molecular complexity index is 1010. The van der Waals surface area contributed by atoms with Crippen molar-refractivity contribution in [2.45, 2.75) is 25.4 Å². The van der Waals surface area contributed by atoms with E-state index in [1.807, 2.05) is 36.4 Å². The van der Waals surface area contributed by atoms with E-state index >= 15 is 0 Å². The molecule has 1 fully saturated rings. The molecule has 0 spiro atoms. The molecule has 4 rings (SSSR count). The Labute approximate surface area is 170 Å². The van der Waals surface area contributed by atoms with Crippen LogP contribution in [-0.2, 0) is 6.61 Å². The van der Waals surface area contributed by atoms with Gasteiger partial charge in [0.1, 0.15) is 24.7 Å². The number of hydrogen-bond donors (Lipinski definition) is 1. The van der Waals surface area contributed by atoms with Crippen molar-refractivity contribution in [1.82, 2.24) is 0 Å². The van der Waals surface area contributed by atoms with E-state index in [1.165, 1.54) is 18.4 Å². The maximum atomic E-state index is 8.84. The summed E-state index contributed by atoms with van der Waals surface area (Å²) in [6.45, 7) is 0.680. The van der Waals surface area contributed by atoms with Crippen LogP contribution in [0.25, 0.3) is 0 Å². The van der Waals surface area contributed by atoms with E-state index in [1.54, 1.807) is 24.3 Å². The molecule has 0 radical (unpaired) electrons. The summed E-state index contributed by atoms with van der Waals surface area (Å²) in [6, 6.07) is 25.1. The van der Waals surface area contributed by atoms with Crippen LogP contribution in [0, 0.1) is 16.7 Å². The summed E-state index contributed by atoms with van der Waals surface area (Å²) >= 11 is 0. The van der Waals surface area contributed by atoms with Crippen LogP contribution in [-0.4, -0.2) is 12.3 Å². The average Bonchev–Trinajstić information content (AvgIpc) is 3.63. The quantitative estimate of drug-likeness (QED) is 0.526. The van der Waals surface area contributed by atoms with Crippen molar-refractivity contribution in [1.29, 1.82) is 10.7 Å². The topological polar surface area (TPSA) is 66.1 Å². The normalized spacial score (nSPS) is 12.8. The molecule has 0 aromatic heterocycles. The summed E-state index contributed by atoms with van der Waals surface area (Å²) < 4.78 is 11.6. The number of nitrogens with one attached hydrogen (secondary N) is 1. The Kier molecular flexibility index (Phi) is 5.58. The molecule has 0 aliphatic heterocycles. The van der Waals surface area contributed by atoms with Crippen molar-refractivity contribution in [3.63, 3.8) is 0 Å². The van der Waals surface area contributed by atoms with E-state index in [0.29, 0.717) is 23.6 Å². The smallest absolute Gasteiger partial charge is 0.130 e. The standard InChI is InChI=1S/C25H22N2O2/c26-15-18-1-5-22(6-2-18)25(27)17-29-23-11-3-19(4-12-23)16-28-24-13-9-21(10-14-24)20-7-8-20/h1-6,9-14,20,27H,7-8,16-17H2. The summed E-state index contributed by atoms with van der Waals surface area (Å²) in [5, 5.41) is 17.0. The van der Waals surface area contributed by atoms with E-state index in [2.05, 4.69) is 18.2 Å². The molecule has 1 N–H and O–H groups in total. The highest BCUT2D eigenvalue weighted by Gasteiger charge is 2.22. The van der Waals surface area contributed by atoms with Gasteiger partial charge in [-0.15, -0.1) is 0 Å². The average molecular weight is 382 g/mol. The third-order valence-electron chi connectivity index (χ3n) is 5.00. The van der Waals surface area contributed by atoms with Gasteiger partial charge in [-0.1, -0.05) is 36.4 Å². The van der Waals surface area contributed by atoms with Crippen molar-refractivity contribution in [2.24, 2.45) is 0 Å². The molecule has 0 amide bonds. The van der Waals surface area contributed by atoms with Crippen LogP contribution in [0.15, 0.2) is 72.8 Å². The molecule has 0 saturated heterocycles. The predicted molar refractivity (Wildman–Crippen MR) is 113 cm³/mol. The van der Waals surface area contributed by atoms with Crippen molar-refractivity contribution >= 4 is 5.71 Å². The van der Waals surface area contributed by atoms with Gasteiger partial charge in [-0.2, -0.15) is 5.26 Å². The van der Waals surface area contributed by atoms with E-state index in [-0.39, 0.29) is 6.61 Å². The predicted octanol–water partition coefficient (Wildman–Crippen LogP) is 5.46. The highest BCUT2D eigenvalue weighted by molar-refractivity contribution is 5.99. The Balaban J connectivity index is 1.26. The molecule has 29 heavy (non-hydrogen) atoms. The minimum atomic E-state index is 0.176. The lowest BCUT2D eigenvalue weighted by Crippen LogP contribution is -2.11. The van der Waals surface area contributed by atoms with Crippen molar-refractivity contribution in [2.75, 3.05) is 6.61 Å². The second kappa shape index (κ2) is 8.62. The first kappa shape index (κ1) is 18.8. The molecule has 3 aromatic carbocycles. The fourth-order valence-corrected chi connectivity index (χ4v) is 3.09. The number of hydrogen-bond acceptors (Lipinski definition) is 4. The zero-order valence-corrected chi connectivity index (χ0v) is 16.1. The fraction of sp³-hybridized carbons (Fsp3) is 0.200. The van der Waals surface area contributed by atoms with Gasteiger partial charge in [0.25, 0.3) is 0 Å². The molecule has 3 aromatic rings. The van der Waals surface area contributed by atoms with Crippen LogP contribution in [0.3, 0.4) is 0 Å². The van der Waals surface area contributed by atoms with Crippen molar-refractivity contribution < 1.29 is 9.47 Å². The molecule has 1 saturated carbocycles. The minimum absolute atomic E-state index is 0.176. The molecule has 0 bridgehead atoms. The van der Waals surface area contributed by atoms with Crippen LogP contribution in [0.2, 0.25) is 0 Å². The largest absolute Gasteiger partial charge is 0.489 e. The Morgan fingerprint density at radius 3 is 2.10 bits per heavy atom. The van der Waals surface area contributed by atoms with E-state index < -0.39 is 0 Å². The zero-order valence-electron chi connectivity index (χ0n) is 16.1. The lowest BCUT2D eigenvalue weighted by molar-refractivity contribution is 0.305. The summed E-state index contributed by atoms with van der Waals surface area (Å²) in [5.74, 6) is 2.35. The maximum absolute atomic E-state index is 8.84. The van der Waals surface area contributed by atoms with Gasteiger partial charge >= 0.3 is 0 Å². The lowest BCUT2D eigenvalue weighted by Gasteiger charge is -2.10. The number of nitrogens with zero attached hydrogens (tertiary/aromatic N) is 1. The van der Waals surface area contributed by atoms with Gasteiger partial charge in [-0.3, -0.25) is 0 Å². The molecule has 1 aliphatic rings. The molecule has 4 heteroatoms. The van der Waals surface area contributed by atoms with Crippen LogP contribution in [0.1, 0.15) is 41.0 Å². The molecule has 0 unspecified atom stereocenters. The van der Waals surface area contributed by atoms with Gasteiger partial charge in [0, 0.05) is 0 Å². The Morgan fingerprint density at radius 1 is 0.862 bits per heavy atom. The van der Waals surface area contributed by atoms with E-state index in [9.17, 15) is 0 Å². The van der Waals surface area contributed by atoms with Crippen molar-refractivity contribution in [3.8, 4) is 17.6 Å². The lowest BCUT2D eigenvalue weighted by atomic mass is 10.1.